The van der Waals surface area contributed by atoms with E-state index in [0.717, 1.165) is 12.1 Å². The van der Waals surface area contributed by atoms with Gasteiger partial charge in [0.15, 0.2) is 0 Å². The van der Waals surface area contributed by atoms with Gasteiger partial charge in [-0.15, -0.1) is 0 Å². The molecule has 2 rings (SSSR count). The Morgan fingerprint density at radius 3 is 1.40 bits per heavy atom. The summed E-state index contributed by atoms with van der Waals surface area (Å²) in [5.74, 6) is -10.3. The van der Waals surface area contributed by atoms with Gasteiger partial charge in [-0.2, -0.15) is 0 Å². The van der Waals surface area contributed by atoms with Crippen molar-refractivity contribution in [3.05, 3.63) is 52.6 Å². The van der Waals surface area contributed by atoms with Gasteiger partial charge in [0.05, 0.1) is 24.7 Å². The SMILES string of the molecule is CC(C)c1nc(C(C)C)c(C(CC(=O)O)C(=O)O)c(-c2ccc(F)cc2)c1C(CC(=O)O)C(=O)O. The van der Waals surface area contributed by atoms with Gasteiger partial charge in [-0.1, -0.05) is 39.8 Å². The Morgan fingerprint density at radius 2 is 1.11 bits per heavy atom. The number of rotatable bonds is 11. The van der Waals surface area contributed by atoms with E-state index < -0.39 is 66.2 Å². The Bertz CT molecular complexity index is 1080. The molecule has 0 fully saturated rings. The molecule has 0 saturated heterocycles. The number of pyridine rings is 1. The summed E-state index contributed by atoms with van der Waals surface area (Å²) < 4.78 is 13.8. The molecule has 0 aliphatic rings. The highest BCUT2D eigenvalue weighted by Crippen LogP contribution is 2.45. The minimum Gasteiger partial charge on any atom is -0.481 e. The van der Waals surface area contributed by atoms with Crippen molar-refractivity contribution in [3.63, 3.8) is 0 Å². The first-order valence-corrected chi connectivity index (χ1v) is 11.0. The quantitative estimate of drug-likeness (QED) is 0.358. The zero-order valence-corrected chi connectivity index (χ0v) is 19.8. The number of carbonyl (C=O) groups is 4. The standard InChI is InChI=1S/C25H28FNO8/c1-11(2)22-20(15(24(32)33)9-17(28)29)19(13-5-7-14(26)8-6-13)21(23(27-22)12(3)4)16(25(34)35)10-18(30)31/h5-8,11-12,15-16H,9-10H2,1-4H3,(H,28,29)(H,30,31)(H,32,33)(H,34,35). The number of hydrogen-bond acceptors (Lipinski definition) is 5. The van der Waals surface area contributed by atoms with Crippen LogP contribution in [0.25, 0.3) is 11.1 Å². The third-order valence-electron chi connectivity index (χ3n) is 5.61. The van der Waals surface area contributed by atoms with Crippen molar-refractivity contribution in [1.82, 2.24) is 4.98 Å². The van der Waals surface area contributed by atoms with E-state index in [4.69, 9.17) is 0 Å². The topological polar surface area (TPSA) is 162 Å². The smallest absolute Gasteiger partial charge is 0.311 e. The average molecular weight is 489 g/mol. The molecular weight excluding hydrogens is 461 g/mol. The van der Waals surface area contributed by atoms with E-state index in [1.54, 1.807) is 27.7 Å². The number of benzene rings is 1. The lowest BCUT2D eigenvalue weighted by molar-refractivity contribution is -0.145. The van der Waals surface area contributed by atoms with E-state index in [-0.39, 0.29) is 33.6 Å². The van der Waals surface area contributed by atoms with Gasteiger partial charge >= 0.3 is 23.9 Å². The van der Waals surface area contributed by atoms with Crippen LogP contribution in [0.2, 0.25) is 0 Å². The molecule has 0 bridgehead atoms. The van der Waals surface area contributed by atoms with Crippen LogP contribution in [-0.4, -0.2) is 49.3 Å². The minimum absolute atomic E-state index is 0.0162. The lowest BCUT2D eigenvalue weighted by Gasteiger charge is -2.29. The third-order valence-corrected chi connectivity index (χ3v) is 5.61. The fourth-order valence-electron chi connectivity index (χ4n) is 4.14. The zero-order valence-electron chi connectivity index (χ0n) is 19.8. The van der Waals surface area contributed by atoms with Gasteiger partial charge in [0.25, 0.3) is 0 Å². The highest BCUT2D eigenvalue weighted by atomic mass is 19.1. The van der Waals surface area contributed by atoms with Crippen LogP contribution in [0.5, 0.6) is 0 Å². The van der Waals surface area contributed by atoms with Gasteiger partial charge in [-0.25, -0.2) is 4.39 Å². The van der Waals surface area contributed by atoms with Crippen LogP contribution < -0.4 is 0 Å². The fourth-order valence-corrected chi connectivity index (χ4v) is 4.14. The predicted octanol–water partition coefficient (Wildman–Crippen LogP) is 4.42. The van der Waals surface area contributed by atoms with Gasteiger partial charge in [-0.05, 0) is 46.2 Å². The molecule has 4 N–H and O–H groups in total. The average Bonchev–Trinajstić information content (AvgIpc) is 2.74. The molecule has 0 spiro atoms. The lowest BCUT2D eigenvalue weighted by atomic mass is 9.77. The second-order valence-electron chi connectivity index (χ2n) is 8.88. The van der Waals surface area contributed by atoms with Gasteiger partial charge in [-0.3, -0.25) is 24.2 Å². The van der Waals surface area contributed by atoms with Crippen molar-refractivity contribution >= 4 is 23.9 Å². The Hall–Kier alpha value is -3.82. The second kappa shape index (κ2) is 11.1. The van der Waals surface area contributed by atoms with E-state index in [9.17, 15) is 44.0 Å². The number of nitrogens with zero attached hydrogens (tertiary/aromatic N) is 1. The first-order chi connectivity index (χ1) is 16.3. The normalized spacial score (nSPS) is 13.0. The summed E-state index contributed by atoms with van der Waals surface area (Å²) in [5.41, 5.74) is 0.774. The van der Waals surface area contributed by atoms with Gasteiger partial charge in [0, 0.05) is 11.4 Å². The predicted molar refractivity (Wildman–Crippen MR) is 123 cm³/mol. The van der Waals surface area contributed by atoms with Crippen molar-refractivity contribution in [1.29, 1.82) is 0 Å². The zero-order chi connectivity index (χ0) is 26.6. The number of aliphatic carboxylic acids is 4. The van der Waals surface area contributed by atoms with Gasteiger partial charge in [0.1, 0.15) is 5.82 Å². The molecule has 0 amide bonds. The van der Waals surface area contributed by atoms with Crippen molar-refractivity contribution in [2.45, 2.75) is 64.2 Å². The highest BCUT2D eigenvalue weighted by Gasteiger charge is 2.37. The molecule has 0 saturated carbocycles. The monoisotopic (exact) mass is 489 g/mol. The Labute approximate surface area is 201 Å². The Balaban J connectivity index is 3.23. The molecule has 0 aliphatic heterocycles. The Morgan fingerprint density at radius 1 is 0.743 bits per heavy atom. The number of halogens is 1. The van der Waals surface area contributed by atoms with Crippen LogP contribution in [0.1, 0.15) is 86.7 Å². The summed E-state index contributed by atoms with van der Waals surface area (Å²) in [4.78, 5) is 52.4. The summed E-state index contributed by atoms with van der Waals surface area (Å²) in [5, 5.41) is 38.9. The molecular formula is C25H28FNO8. The number of carboxylic acids is 4. The Kier molecular flexibility index (Phi) is 8.67. The van der Waals surface area contributed by atoms with Crippen molar-refractivity contribution < 1.29 is 44.0 Å². The van der Waals surface area contributed by atoms with Crippen LogP contribution in [0.3, 0.4) is 0 Å². The lowest BCUT2D eigenvalue weighted by Crippen LogP contribution is -2.25. The maximum Gasteiger partial charge on any atom is 0.311 e. The van der Waals surface area contributed by atoms with Crippen LogP contribution >= 0.6 is 0 Å². The number of hydrogen-bond donors (Lipinski definition) is 4. The summed E-state index contributed by atoms with van der Waals surface area (Å²) in [7, 11) is 0. The highest BCUT2D eigenvalue weighted by molar-refractivity contribution is 5.91. The van der Waals surface area contributed by atoms with Crippen LogP contribution in [0, 0.1) is 5.82 Å². The summed E-state index contributed by atoms with van der Waals surface area (Å²) in [6.45, 7) is 6.93. The van der Waals surface area contributed by atoms with Crippen LogP contribution in [-0.2, 0) is 19.2 Å². The minimum atomic E-state index is -1.61. The van der Waals surface area contributed by atoms with Crippen LogP contribution in [0.4, 0.5) is 4.39 Å². The van der Waals surface area contributed by atoms with Gasteiger partial charge in [0.2, 0.25) is 0 Å². The molecule has 2 aromatic rings. The molecule has 9 nitrogen and oxygen atoms in total. The fraction of sp³-hybridized carbons (Fsp3) is 0.400. The molecule has 2 atom stereocenters. The van der Waals surface area contributed by atoms with E-state index in [2.05, 4.69) is 4.98 Å². The molecule has 1 aromatic carbocycles. The first kappa shape index (κ1) is 27.4. The largest absolute Gasteiger partial charge is 0.481 e. The van der Waals surface area contributed by atoms with Gasteiger partial charge < -0.3 is 20.4 Å². The van der Waals surface area contributed by atoms with E-state index >= 15 is 0 Å². The van der Waals surface area contributed by atoms with Crippen molar-refractivity contribution in [2.75, 3.05) is 0 Å². The van der Waals surface area contributed by atoms with E-state index in [0.29, 0.717) is 0 Å². The van der Waals surface area contributed by atoms with Crippen molar-refractivity contribution in [3.8, 4) is 11.1 Å². The molecule has 1 heterocycles. The molecule has 0 radical (unpaired) electrons. The first-order valence-electron chi connectivity index (χ1n) is 11.0. The van der Waals surface area contributed by atoms with Crippen molar-refractivity contribution in [2.24, 2.45) is 0 Å². The van der Waals surface area contributed by atoms with E-state index in [1.165, 1.54) is 12.1 Å². The summed E-state index contributed by atoms with van der Waals surface area (Å²) in [6.07, 6.45) is -1.63. The van der Waals surface area contributed by atoms with E-state index in [1.807, 2.05) is 0 Å². The maximum atomic E-state index is 13.8. The molecule has 2 unspecified atom stereocenters. The molecule has 188 valence electrons. The molecule has 35 heavy (non-hydrogen) atoms. The maximum absolute atomic E-state index is 13.8. The summed E-state index contributed by atoms with van der Waals surface area (Å²) >= 11 is 0. The molecule has 10 heteroatoms. The molecule has 1 aromatic heterocycles. The summed E-state index contributed by atoms with van der Waals surface area (Å²) in [6, 6.07) is 4.86. The number of carboxylic acid groups (broad SMARTS) is 4. The van der Waals surface area contributed by atoms with Crippen LogP contribution in [0.15, 0.2) is 24.3 Å². The third kappa shape index (κ3) is 6.20. The second-order valence-corrected chi connectivity index (χ2v) is 8.88. The molecule has 0 aliphatic carbocycles. The number of aromatic nitrogens is 1.